The monoisotopic (exact) mass is 388 g/mol. The highest BCUT2D eigenvalue weighted by molar-refractivity contribution is 6.14. The Labute approximate surface area is 169 Å². The van der Waals surface area contributed by atoms with Crippen LogP contribution in [-0.4, -0.2) is 35.9 Å². The summed E-state index contributed by atoms with van der Waals surface area (Å²) in [6.45, 7) is 1.53. The number of piperidine rings is 1. The third-order valence-electron chi connectivity index (χ3n) is 5.23. The zero-order chi connectivity index (χ0) is 20.1. The van der Waals surface area contributed by atoms with Crippen molar-refractivity contribution >= 4 is 28.3 Å². The fraction of sp³-hybridized carbons (Fsp3) is 0.261. The maximum Gasteiger partial charge on any atom is 0.272 e. The molecule has 6 heteroatoms. The van der Waals surface area contributed by atoms with Crippen LogP contribution < -0.4 is 16.0 Å². The van der Waals surface area contributed by atoms with Crippen molar-refractivity contribution in [3.05, 3.63) is 72.1 Å². The van der Waals surface area contributed by atoms with E-state index in [1.54, 1.807) is 24.4 Å². The first-order valence-electron chi connectivity index (χ1n) is 9.98. The van der Waals surface area contributed by atoms with Crippen molar-refractivity contribution in [2.75, 3.05) is 18.4 Å². The average Bonchev–Trinajstić information content (AvgIpc) is 2.78. The lowest BCUT2D eigenvalue weighted by Gasteiger charge is -2.23. The number of aromatic nitrogens is 1. The number of hydrogen-bond donors (Lipinski definition) is 3. The smallest absolute Gasteiger partial charge is 0.272 e. The number of carbonyl (C=O) groups excluding carboxylic acids is 2. The van der Waals surface area contributed by atoms with Crippen molar-refractivity contribution in [2.24, 2.45) is 0 Å². The lowest BCUT2D eigenvalue weighted by Crippen LogP contribution is -2.43. The number of benzene rings is 2. The summed E-state index contributed by atoms with van der Waals surface area (Å²) < 4.78 is 0. The zero-order valence-corrected chi connectivity index (χ0v) is 16.2. The normalized spacial score (nSPS) is 16.3. The first-order valence-corrected chi connectivity index (χ1v) is 9.98. The van der Waals surface area contributed by atoms with E-state index in [4.69, 9.17) is 0 Å². The van der Waals surface area contributed by atoms with Gasteiger partial charge in [0.05, 0.1) is 5.69 Å². The van der Waals surface area contributed by atoms with Crippen LogP contribution in [0.25, 0.3) is 10.8 Å². The molecular weight excluding hydrogens is 364 g/mol. The Morgan fingerprint density at radius 3 is 2.72 bits per heavy atom. The second-order valence-corrected chi connectivity index (χ2v) is 7.24. The van der Waals surface area contributed by atoms with Crippen LogP contribution in [0.5, 0.6) is 0 Å². The van der Waals surface area contributed by atoms with Crippen LogP contribution in [0.1, 0.15) is 40.1 Å². The van der Waals surface area contributed by atoms with E-state index >= 15 is 0 Å². The zero-order valence-electron chi connectivity index (χ0n) is 16.2. The predicted octanol–water partition coefficient (Wildman–Crippen LogP) is 3.36. The minimum absolute atomic E-state index is 0.219. The SMILES string of the molecule is O=C(NC[C@H]1CCCCN1)c1ncccc1NC(=O)c1cccc2ccccc12. The van der Waals surface area contributed by atoms with E-state index in [2.05, 4.69) is 20.9 Å². The van der Waals surface area contributed by atoms with Gasteiger partial charge in [-0.2, -0.15) is 0 Å². The molecule has 1 aliphatic heterocycles. The summed E-state index contributed by atoms with van der Waals surface area (Å²) >= 11 is 0. The van der Waals surface area contributed by atoms with E-state index in [-0.39, 0.29) is 23.6 Å². The van der Waals surface area contributed by atoms with Crippen LogP contribution in [0.2, 0.25) is 0 Å². The minimum Gasteiger partial charge on any atom is -0.349 e. The molecule has 1 aliphatic rings. The maximum atomic E-state index is 12.9. The van der Waals surface area contributed by atoms with Crippen LogP contribution in [0.3, 0.4) is 0 Å². The standard InChI is InChI=1S/C23H24N4O2/c28-22(19-11-5-8-16-7-1-2-10-18(16)19)27-20-12-6-14-25-21(20)23(29)26-15-17-9-3-4-13-24-17/h1-2,5-8,10-12,14,17,24H,3-4,9,13,15H2,(H,26,29)(H,27,28)/t17-/m1/s1. The Morgan fingerprint density at radius 2 is 1.86 bits per heavy atom. The van der Waals surface area contributed by atoms with Crippen molar-refractivity contribution < 1.29 is 9.59 Å². The van der Waals surface area contributed by atoms with Gasteiger partial charge in [-0.15, -0.1) is 0 Å². The van der Waals surface area contributed by atoms with Crippen molar-refractivity contribution in [1.82, 2.24) is 15.6 Å². The van der Waals surface area contributed by atoms with Crippen LogP contribution in [-0.2, 0) is 0 Å². The van der Waals surface area contributed by atoms with Gasteiger partial charge in [0.15, 0.2) is 5.69 Å². The van der Waals surface area contributed by atoms with Gasteiger partial charge in [0, 0.05) is 24.3 Å². The number of anilines is 1. The van der Waals surface area contributed by atoms with Gasteiger partial charge in [0.2, 0.25) is 0 Å². The molecule has 148 valence electrons. The lowest BCUT2D eigenvalue weighted by atomic mass is 10.0. The van der Waals surface area contributed by atoms with E-state index in [0.717, 1.165) is 23.7 Å². The highest BCUT2D eigenvalue weighted by Crippen LogP contribution is 2.21. The molecule has 0 unspecified atom stereocenters. The molecule has 3 aromatic rings. The molecule has 0 spiro atoms. The van der Waals surface area contributed by atoms with Gasteiger partial charge < -0.3 is 16.0 Å². The number of hydrogen-bond acceptors (Lipinski definition) is 4. The quantitative estimate of drug-likeness (QED) is 0.626. The fourth-order valence-electron chi connectivity index (χ4n) is 3.70. The Kier molecular flexibility index (Phi) is 5.81. The topological polar surface area (TPSA) is 83.1 Å². The van der Waals surface area contributed by atoms with Gasteiger partial charge in [-0.05, 0) is 48.4 Å². The molecule has 2 heterocycles. The third kappa shape index (κ3) is 4.43. The maximum absolute atomic E-state index is 12.9. The summed E-state index contributed by atoms with van der Waals surface area (Å²) in [5.74, 6) is -0.552. The van der Waals surface area contributed by atoms with Crippen LogP contribution >= 0.6 is 0 Å². The summed E-state index contributed by atoms with van der Waals surface area (Å²) in [5.41, 5.74) is 1.18. The van der Waals surface area contributed by atoms with Crippen molar-refractivity contribution in [3.63, 3.8) is 0 Å². The number of amides is 2. The lowest BCUT2D eigenvalue weighted by molar-refractivity contribution is 0.0943. The van der Waals surface area contributed by atoms with E-state index in [1.165, 1.54) is 12.8 Å². The fourth-order valence-corrected chi connectivity index (χ4v) is 3.70. The molecule has 1 aromatic heterocycles. The first kappa shape index (κ1) is 19.1. The molecular formula is C23H24N4O2. The van der Waals surface area contributed by atoms with E-state index in [1.807, 2.05) is 36.4 Å². The molecule has 1 fully saturated rings. The summed E-state index contributed by atoms with van der Waals surface area (Å²) in [6, 6.07) is 17.0. The van der Waals surface area contributed by atoms with Crippen LogP contribution in [0, 0.1) is 0 Å². The second-order valence-electron chi connectivity index (χ2n) is 7.24. The molecule has 29 heavy (non-hydrogen) atoms. The van der Waals surface area contributed by atoms with E-state index in [0.29, 0.717) is 17.8 Å². The molecule has 1 atom stereocenters. The second kappa shape index (κ2) is 8.84. The molecule has 2 amide bonds. The number of fused-ring (bicyclic) bond motifs is 1. The molecule has 1 saturated heterocycles. The Hall–Kier alpha value is -3.25. The largest absolute Gasteiger partial charge is 0.349 e. The molecule has 0 radical (unpaired) electrons. The van der Waals surface area contributed by atoms with Crippen molar-refractivity contribution in [3.8, 4) is 0 Å². The van der Waals surface area contributed by atoms with Gasteiger partial charge >= 0.3 is 0 Å². The Balaban J connectivity index is 1.50. The first-order chi connectivity index (χ1) is 14.2. The highest BCUT2D eigenvalue weighted by Gasteiger charge is 2.19. The van der Waals surface area contributed by atoms with Gasteiger partial charge in [-0.25, -0.2) is 4.98 Å². The summed E-state index contributed by atoms with van der Waals surface area (Å²) in [7, 11) is 0. The average molecular weight is 388 g/mol. The summed E-state index contributed by atoms with van der Waals surface area (Å²) in [6.07, 6.45) is 4.95. The number of nitrogens with zero attached hydrogens (tertiary/aromatic N) is 1. The van der Waals surface area contributed by atoms with Gasteiger partial charge in [0.25, 0.3) is 11.8 Å². The minimum atomic E-state index is -0.286. The van der Waals surface area contributed by atoms with Gasteiger partial charge in [-0.3, -0.25) is 9.59 Å². The van der Waals surface area contributed by atoms with Crippen molar-refractivity contribution in [1.29, 1.82) is 0 Å². The van der Waals surface area contributed by atoms with E-state index in [9.17, 15) is 9.59 Å². The van der Waals surface area contributed by atoms with Gasteiger partial charge in [-0.1, -0.05) is 42.8 Å². The molecule has 0 bridgehead atoms. The number of nitrogens with one attached hydrogen (secondary N) is 3. The predicted molar refractivity (Wildman–Crippen MR) is 114 cm³/mol. The molecule has 6 nitrogen and oxygen atoms in total. The molecule has 3 N–H and O–H groups in total. The molecule has 4 rings (SSSR count). The van der Waals surface area contributed by atoms with Gasteiger partial charge in [0.1, 0.15) is 0 Å². The van der Waals surface area contributed by atoms with Crippen molar-refractivity contribution in [2.45, 2.75) is 25.3 Å². The number of pyridine rings is 1. The number of carbonyl (C=O) groups is 2. The molecule has 0 saturated carbocycles. The Bertz CT molecular complexity index is 1020. The third-order valence-corrected chi connectivity index (χ3v) is 5.23. The summed E-state index contributed by atoms with van der Waals surface area (Å²) in [4.78, 5) is 29.8. The number of rotatable bonds is 5. The molecule has 0 aliphatic carbocycles. The molecule has 2 aromatic carbocycles. The van der Waals surface area contributed by atoms with Crippen LogP contribution in [0.15, 0.2) is 60.8 Å². The summed E-state index contributed by atoms with van der Waals surface area (Å²) in [5, 5.41) is 11.1. The Morgan fingerprint density at radius 1 is 1.00 bits per heavy atom. The highest BCUT2D eigenvalue weighted by atomic mass is 16.2. The van der Waals surface area contributed by atoms with Crippen LogP contribution in [0.4, 0.5) is 5.69 Å². The van der Waals surface area contributed by atoms with E-state index < -0.39 is 0 Å².